The Morgan fingerprint density at radius 3 is 3.10 bits per heavy atom. The van der Waals surface area contributed by atoms with Crippen LogP contribution in [0, 0.1) is 0 Å². The molecule has 0 spiro atoms. The fourth-order valence-corrected chi connectivity index (χ4v) is 5.69. The van der Waals surface area contributed by atoms with Gasteiger partial charge < -0.3 is 10.1 Å². The van der Waals surface area contributed by atoms with Crippen LogP contribution in [0.25, 0.3) is 15.9 Å². The molecule has 9 heteroatoms. The molecule has 0 aromatic carbocycles. The van der Waals surface area contributed by atoms with E-state index in [0.29, 0.717) is 12.5 Å². The van der Waals surface area contributed by atoms with Crippen LogP contribution in [0.5, 0.6) is 0 Å². The van der Waals surface area contributed by atoms with Gasteiger partial charge in [0.2, 0.25) is 5.82 Å². The normalized spacial score (nSPS) is 20.2. The van der Waals surface area contributed by atoms with E-state index < -0.39 is 0 Å². The summed E-state index contributed by atoms with van der Waals surface area (Å²) in [5.41, 5.74) is 2.11. The zero-order chi connectivity index (χ0) is 19.8. The van der Waals surface area contributed by atoms with Crippen molar-refractivity contribution < 1.29 is 9.53 Å². The van der Waals surface area contributed by atoms with E-state index in [2.05, 4.69) is 32.2 Å². The van der Waals surface area contributed by atoms with Crippen molar-refractivity contribution in [3.8, 4) is 0 Å². The molecule has 0 unspecified atom stereocenters. The van der Waals surface area contributed by atoms with Gasteiger partial charge in [0.1, 0.15) is 11.2 Å². The number of aromatic nitrogens is 4. The van der Waals surface area contributed by atoms with Gasteiger partial charge in [-0.05, 0) is 43.7 Å². The maximum atomic E-state index is 12.6. The third-order valence-corrected chi connectivity index (χ3v) is 7.09. The number of thiophene rings is 1. The highest BCUT2D eigenvalue weighted by atomic mass is 32.1. The van der Waals surface area contributed by atoms with Crippen molar-refractivity contribution in [2.24, 2.45) is 0 Å². The predicted molar refractivity (Wildman–Crippen MR) is 112 cm³/mol. The number of carbonyl (C=O) groups excluding carboxylic acids is 1. The maximum Gasteiger partial charge on any atom is 0.290 e. The number of carbonyl (C=O) groups is 1. The second kappa shape index (κ2) is 7.97. The first-order chi connectivity index (χ1) is 14.2. The van der Waals surface area contributed by atoms with Crippen molar-refractivity contribution >= 4 is 33.1 Å². The minimum absolute atomic E-state index is 0.217. The first-order valence-corrected chi connectivity index (χ1v) is 11.3. The third-order valence-electron chi connectivity index (χ3n) is 5.92. The van der Waals surface area contributed by atoms with E-state index >= 15 is 0 Å². The molecule has 3 aromatic heterocycles. The van der Waals surface area contributed by atoms with Gasteiger partial charge in [-0.25, -0.2) is 14.5 Å². The molecule has 1 N–H and O–H groups in total. The average molecular weight is 415 g/mol. The van der Waals surface area contributed by atoms with Gasteiger partial charge in [0.25, 0.3) is 5.91 Å². The van der Waals surface area contributed by atoms with Crippen LogP contribution in [-0.2, 0) is 11.2 Å². The molecule has 4 heterocycles. The minimum Gasteiger partial charge on any atom is -0.379 e. The number of nitrogens with zero attached hydrogens (tertiary/aromatic N) is 5. The van der Waals surface area contributed by atoms with Gasteiger partial charge in [0.05, 0.1) is 18.6 Å². The van der Waals surface area contributed by atoms with E-state index in [9.17, 15) is 4.79 Å². The Morgan fingerprint density at radius 2 is 2.24 bits per heavy atom. The van der Waals surface area contributed by atoms with Gasteiger partial charge in [0.15, 0.2) is 5.65 Å². The quantitative estimate of drug-likeness (QED) is 0.645. The summed E-state index contributed by atoms with van der Waals surface area (Å²) in [7, 11) is 0. The molecule has 1 saturated heterocycles. The van der Waals surface area contributed by atoms with Crippen molar-refractivity contribution in [2.45, 2.75) is 38.5 Å². The highest BCUT2D eigenvalue weighted by Gasteiger charge is 2.26. The molecule has 0 bridgehead atoms. The molecule has 8 nitrogen and oxygen atoms in total. The molecule has 5 rings (SSSR count). The van der Waals surface area contributed by atoms with Crippen LogP contribution in [0.4, 0.5) is 0 Å². The fraction of sp³-hybridized carbons (Fsp3) is 0.600. The van der Waals surface area contributed by atoms with E-state index in [4.69, 9.17) is 4.74 Å². The number of fused-ring (bicyclic) bond motifs is 5. The van der Waals surface area contributed by atoms with Crippen LogP contribution in [-0.4, -0.2) is 69.8 Å². The molecule has 1 atom stereocenters. The molecule has 2 aliphatic rings. The summed E-state index contributed by atoms with van der Waals surface area (Å²) in [6.45, 7) is 7.38. The number of amides is 1. The summed E-state index contributed by atoms with van der Waals surface area (Å²) in [4.78, 5) is 26.6. The van der Waals surface area contributed by atoms with Gasteiger partial charge in [0, 0.05) is 24.5 Å². The topological polar surface area (TPSA) is 84.7 Å². The fourth-order valence-electron chi connectivity index (χ4n) is 4.39. The molecule has 1 fully saturated rings. The molecule has 154 valence electrons. The molecule has 0 radical (unpaired) electrons. The van der Waals surface area contributed by atoms with Crippen LogP contribution >= 0.6 is 11.3 Å². The number of aryl methyl sites for hydroxylation is 1. The van der Waals surface area contributed by atoms with Crippen LogP contribution in [0.2, 0.25) is 0 Å². The third kappa shape index (κ3) is 3.62. The summed E-state index contributed by atoms with van der Waals surface area (Å²) in [5, 5.41) is 8.44. The maximum absolute atomic E-state index is 12.6. The van der Waals surface area contributed by atoms with E-state index in [0.717, 1.165) is 61.6 Å². The van der Waals surface area contributed by atoms with Gasteiger partial charge >= 0.3 is 0 Å². The molecule has 29 heavy (non-hydrogen) atoms. The monoisotopic (exact) mass is 414 g/mol. The standard InChI is InChI=1S/C20H26N6O2S/c1-13-4-2-5-14-15(13)16-18-23-17(24-26(18)12-22-20(16)29-14)19(27)21-6-3-7-25-8-10-28-11-9-25/h12-13H,2-11H2,1H3,(H,21,27)/t13-/m1/s1. The highest BCUT2D eigenvalue weighted by Crippen LogP contribution is 2.42. The van der Waals surface area contributed by atoms with E-state index in [-0.39, 0.29) is 11.7 Å². The van der Waals surface area contributed by atoms with Gasteiger partial charge in [-0.3, -0.25) is 9.69 Å². The molecule has 1 aliphatic heterocycles. The first kappa shape index (κ1) is 18.9. The Labute approximate surface area is 173 Å². The summed E-state index contributed by atoms with van der Waals surface area (Å²) >= 11 is 1.76. The molecule has 1 amide bonds. The van der Waals surface area contributed by atoms with Crippen LogP contribution in [0.1, 0.15) is 53.2 Å². The SMILES string of the molecule is C[C@@H]1CCCc2sc3ncn4nc(C(=O)NCCCN5CCOCC5)nc4c3c21. The molecule has 3 aromatic rings. The zero-order valence-corrected chi connectivity index (χ0v) is 17.5. The summed E-state index contributed by atoms with van der Waals surface area (Å²) in [6.07, 6.45) is 6.09. The van der Waals surface area contributed by atoms with Crippen molar-refractivity contribution in [1.82, 2.24) is 29.8 Å². The Bertz CT molecular complexity index is 1040. The molecule has 1 aliphatic carbocycles. The predicted octanol–water partition coefficient (Wildman–Crippen LogP) is 2.23. The van der Waals surface area contributed by atoms with E-state index in [1.54, 1.807) is 22.2 Å². The summed E-state index contributed by atoms with van der Waals surface area (Å²) in [6, 6.07) is 0. The minimum atomic E-state index is -0.221. The number of morpholine rings is 1. The molecular formula is C20H26N6O2S. The Kier molecular flexibility index (Phi) is 5.19. The second-order valence-corrected chi connectivity index (χ2v) is 9.01. The first-order valence-electron chi connectivity index (χ1n) is 10.5. The highest BCUT2D eigenvalue weighted by molar-refractivity contribution is 7.19. The Balaban J connectivity index is 1.32. The summed E-state index contributed by atoms with van der Waals surface area (Å²) in [5.74, 6) is 0.490. The smallest absolute Gasteiger partial charge is 0.290 e. The van der Waals surface area contributed by atoms with Crippen LogP contribution in [0.3, 0.4) is 0 Å². The lowest BCUT2D eigenvalue weighted by molar-refractivity contribution is 0.0374. The van der Waals surface area contributed by atoms with Gasteiger partial charge in [-0.1, -0.05) is 6.92 Å². The zero-order valence-electron chi connectivity index (χ0n) is 16.7. The lowest BCUT2D eigenvalue weighted by Crippen LogP contribution is -2.38. The lowest BCUT2D eigenvalue weighted by Gasteiger charge is -2.26. The van der Waals surface area contributed by atoms with Crippen molar-refractivity contribution in [1.29, 1.82) is 0 Å². The molecular weight excluding hydrogens is 388 g/mol. The molecule has 0 saturated carbocycles. The Morgan fingerprint density at radius 1 is 1.38 bits per heavy atom. The van der Waals surface area contributed by atoms with Crippen molar-refractivity contribution in [2.75, 3.05) is 39.4 Å². The summed E-state index contributed by atoms with van der Waals surface area (Å²) < 4.78 is 7.01. The van der Waals surface area contributed by atoms with Crippen molar-refractivity contribution in [3.05, 3.63) is 22.6 Å². The lowest BCUT2D eigenvalue weighted by atomic mass is 9.87. The second-order valence-electron chi connectivity index (χ2n) is 7.92. The van der Waals surface area contributed by atoms with Gasteiger partial charge in [-0.2, -0.15) is 0 Å². The number of rotatable bonds is 5. The Hall–Kier alpha value is -2.10. The van der Waals surface area contributed by atoms with E-state index in [1.165, 1.54) is 23.3 Å². The van der Waals surface area contributed by atoms with Crippen LogP contribution in [0.15, 0.2) is 6.33 Å². The largest absolute Gasteiger partial charge is 0.379 e. The van der Waals surface area contributed by atoms with Crippen molar-refractivity contribution in [3.63, 3.8) is 0 Å². The number of hydrogen-bond donors (Lipinski definition) is 1. The average Bonchev–Trinajstić information content (AvgIpc) is 3.33. The van der Waals surface area contributed by atoms with E-state index in [1.807, 2.05) is 0 Å². The number of hydrogen-bond acceptors (Lipinski definition) is 7. The van der Waals surface area contributed by atoms with Gasteiger partial charge in [-0.15, -0.1) is 16.4 Å². The number of nitrogens with one attached hydrogen (secondary N) is 1. The van der Waals surface area contributed by atoms with Crippen LogP contribution < -0.4 is 5.32 Å². The number of ether oxygens (including phenoxy) is 1.